The molecular weight excluding hydrogens is 292 g/mol. The zero-order valence-electron chi connectivity index (χ0n) is 15.0. The molecule has 5 heteroatoms. The smallest absolute Gasteiger partial charge is 0.317 e. The SMILES string of the molecule is CCN(CC(C)(C)O)C(=O)NC1CCCCC1OC1CCCC1. The zero-order valence-corrected chi connectivity index (χ0v) is 15.0. The van der Waals surface area contributed by atoms with Crippen molar-refractivity contribution in [1.29, 1.82) is 0 Å². The van der Waals surface area contributed by atoms with E-state index in [0.29, 0.717) is 19.2 Å². The lowest BCUT2D eigenvalue weighted by molar-refractivity contribution is -0.0421. The Balaban J connectivity index is 1.90. The fourth-order valence-corrected chi connectivity index (χ4v) is 3.74. The van der Waals surface area contributed by atoms with Crippen molar-refractivity contribution < 1.29 is 14.6 Å². The molecule has 2 amide bonds. The van der Waals surface area contributed by atoms with Crippen LogP contribution in [0.25, 0.3) is 0 Å². The number of urea groups is 1. The van der Waals surface area contributed by atoms with E-state index >= 15 is 0 Å². The van der Waals surface area contributed by atoms with Gasteiger partial charge in [-0.2, -0.15) is 0 Å². The van der Waals surface area contributed by atoms with Gasteiger partial charge in [0.15, 0.2) is 0 Å². The molecule has 0 radical (unpaired) electrons. The molecule has 0 aromatic heterocycles. The Kier molecular flexibility index (Phi) is 6.72. The fraction of sp³-hybridized carbons (Fsp3) is 0.944. The van der Waals surface area contributed by atoms with E-state index < -0.39 is 5.60 Å². The second-order valence-corrected chi connectivity index (χ2v) is 7.75. The Morgan fingerprint density at radius 3 is 2.39 bits per heavy atom. The highest BCUT2D eigenvalue weighted by Crippen LogP contribution is 2.28. The molecule has 0 aromatic rings. The number of hydrogen-bond acceptors (Lipinski definition) is 3. The number of hydrogen-bond donors (Lipinski definition) is 2. The number of ether oxygens (including phenoxy) is 1. The van der Waals surface area contributed by atoms with Crippen LogP contribution in [-0.2, 0) is 4.74 Å². The summed E-state index contributed by atoms with van der Waals surface area (Å²) in [5.41, 5.74) is -0.875. The van der Waals surface area contributed by atoms with E-state index in [9.17, 15) is 9.90 Å². The zero-order chi connectivity index (χ0) is 16.9. The summed E-state index contributed by atoms with van der Waals surface area (Å²) in [5, 5.41) is 13.1. The Morgan fingerprint density at radius 1 is 1.17 bits per heavy atom. The third-order valence-electron chi connectivity index (χ3n) is 4.93. The first-order chi connectivity index (χ1) is 10.9. The monoisotopic (exact) mass is 326 g/mol. The van der Waals surface area contributed by atoms with Crippen LogP contribution in [0.1, 0.15) is 72.1 Å². The molecule has 2 aliphatic carbocycles. The van der Waals surface area contributed by atoms with Crippen molar-refractivity contribution in [2.45, 2.75) is 96.0 Å². The van der Waals surface area contributed by atoms with Gasteiger partial charge >= 0.3 is 6.03 Å². The molecule has 0 saturated heterocycles. The van der Waals surface area contributed by atoms with Crippen molar-refractivity contribution in [1.82, 2.24) is 10.2 Å². The molecule has 2 fully saturated rings. The molecule has 0 bridgehead atoms. The molecule has 2 atom stereocenters. The lowest BCUT2D eigenvalue weighted by atomic mass is 9.92. The van der Waals surface area contributed by atoms with Gasteiger partial charge in [-0.25, -0.2) is 4.79 Å². The van der Waals surface area contributed by atoms with Crippen LogP contribution in [0.3, 0.4) is 0 Å². The summed E-state index contributed by atoms with van der Waals surface area (Å²) in [6.45, 7) is 6.34. The highest BCUT2D eigenvalue weighted by atomic mass is 16.5. The lowest BCUT2D eigenvalue weighted by Crippen LogP contribution is -2.53. The van der Waals surface area contributed by atoms with Gasteiger partial charge < -0.3 is 20.1 Å². The molecular formula is C18H34N2O3. The molecule has 0 aromatic carbocycles. The molecule has 2 saturated carbocycles. The summed E-state index contributed by atoms with van der Waals surface area (Å²) >= 11 is 0. The number of likely N-dealkylation sites (N-methyl/N-ethyl adjacent to an activating group) is 1. The van der Waals surface area contributed by atoms with Crippen LogP contribution in [0.15, 0.2) is 0 Å². The van der Waals surface area contributed by atoms with Crippen molar-refractivity contribution in [3.05, 3.63) is 0 Å². The van der Waals surface area contributed by atoms with Gasteiger partial charge in [-0.15, -0.1) is 0 Å². The maximum Gasteiger partial charge on any atom is 0.317 e. The third-order valence-corrected chi connectivity index (χ3v) is 4.93. The molecule has 134 valence electrons. The predicted octanol–water partition coefficient (Wildman–Crippen LogP) is 3.06. The van der Waals surface area contributed by atoms with E-state index in [1.54, 1.807) is 18.7 Å². The van der Waals surface area contributed by atoms with Gasteiger partial charge in [0.1, 0.15) is 0 Å². The van der Waals surface area contributed by atoms with Crippen LogP contribution in [0, 0.1) is 0 Å². The first-order valence-corrected chi connectivity index (χ1v) is 9.32. The van der Waals surface area contributed by atoms with Crippen molar-refractivity contribution in [2.75, 3.05) is 13.1 Å². The van der Waals surface area contributed by atoms with E-state index in [1.165, 1.54) is 19.3 Å². The number of nitrogens with one attached hydrogen (secondary N) is 1. The second-order valence-electron chi connectivity index (χ2n) is 7.75. The van der Waals surface area contributed by atoms with Crippen molar-refractivity contribution in [3.8, 4) is 0 Å². The van der Waals surface area contributed by atoms with Crippen LogP contribution >= 0.6 is 0 Å². The molecule has 2 unspecified atom stereocenters. The maximum atomic E-state index is 12.6. The maximum absolute atomic E-state index is 12.6. The molecule has 23 heavy (non-hydrogen) atoms. The van der Waals surface area contributed by atoms with Gasteiger partial charge in [-0.3, -0.25) is 0 Å². The summed E-state index contributed by atoms with van der Waals surface area (Å²) in [6.07, 6.45) is 9.76. The largest absolute Gasteiger partial charge is 0.389 e. The first kappa shape index (κ1) is 18.5. The first-order valence-electron chi connectivity index (χ1n) is 9.32. The van der Waals surface area contributed by atoms with Gasteiger partial charge in [0.05, 0.1) is 30.4 Å². The predicted molar refractivity (Wildman–Crippen MR) is 91.5 cm³/mol. The van der Waals surface area contributed by atoms with Crippen molar-refractivity contribution in [2.24, 2.45) is 0 Å². The van der Waals surface area contributed by atoms with Gasteiger partial charge in [0.25, 0.3) is 0 Å². The molecule has 0 heterocycles. The van der Waals surface area contributed by atoms with E-state index in [-0.39, 0.29) is 18.2 Å². The van der Waals surface area contributed by atoms with Crippen LogP contribution in [0.2, 0.25) is 0 Å². The average Bonchev–Trinajstić information content (AvgIpc) is 2.98. The summed E-state index contributed by atoms with van der Waals surface area (Å²) in [6, 6.07) is 0.0225. The van der Waals surface area contributed by atoms with Crippen LogP contribution in [0.5, 0.6) is 0 Å². The van der Waals surface area contributed by atoms with Gasteiger partial charge in [0, 0.05) is 6.54 Å². The highest BCUT2D eigenvalue weighted by molar-refractivity contribution is 5.74. The quantitative estimate of drug-likeness (QED) is 0.788. The highest BCUT2D eigenvalue weighted by Gasteiger charge is 2.32. The van der Waals surface area contributed by atoms with Gasteiger partial charge in [0.2, 0.25) is 0 Å². The van der Waals surface area contributed by atoms with Crippen LogP contribution in [-0.4, -0.2) is 53.0 Å². The van der Waals surface area contributed by atoms with Gasteiger partial charge in [-0.05, 0) is 46.5 Å². The molecule has 5 nitrogen and oxygen atoms in total. The summed E-state index contributed by atoms with van der Waals surface area (Å²) in [7, 11) is 0. The third kappa shape index (κ3) is 5.96. The Morgan fingerprint density at radius 2 is 1.78 bits per heavy atom. The van der Waals surface area contributed by atoms with E-state index in [1.807, 2.05) is 6.92 Å². The topological polar surface area (TPSA) is 61.8 Å². The number of rotatable bonds is 6. The lowest BCUT2D eigenvalue weighted by Gasteiger charge is -2.36. The Bertz CT molecular complexity index is 375. The summed E-state index contributed by atoms with van der Waals surface area (Å²) < 4.78 is 6.30. The second kappa shape index (κ2) is 8.34. The van der Waals surface area contributed by atoms with E-state index in [4.69, 9.17) is 4.74 Å². The van der Waals surface area contributed by atoms with Crippen LogP contribution < -0.4 is 5.32 Å². The molecule has 0 spiro atoms. The van der Waals surface area contributed by atoms with Crippen molar-refractivity contribution in [3.63, 3.8) is 0 Å². The standard InChI is InChI=1S/C18H34N2O3/c1-4-20(13-18(2,3)22)17(21)19-15-11-7-8-12-16(15)23-14-9-5-6-10-14/h14-16,22H,4-13H2,1-3H3,(H,19,21). The number of carbonyl (C=O) groups is 1. The average molecular weight is 326 g/mol. The molecule has 2 aliphatic rings. The molecule has 2 N–H and O–H groups in total. The van der Waals surface area contributed by atoms with Crippen LogP contribution in [0.4, 0.5) is 4.79 Å². The molecule has 2 rings (SSSR count). The van der Waals surface area contributed by atoms with Crippen molar-refractivity contribution >= 4 is 6.03 Å². The normalized spacial score (nSPS) is 26.3. The minimum Gasteiger partial charge on any atom is -0.389 e. The number of aliphatic hydroxyl groups is 1. The molecule has 0 aliphatic heterocycles. The van der Waals surface area contributed by atoms with E-state index in [0.717, 1.165) is 32.1 Å². The van der Waals surface area contributed by atoms with E-state index in [2.05, 4.69) is 5.32 Å². The summed E-state index contributed by atoms with van der Waals surface area (Å²) in [5.74, 6) is 0. The Hall–Kier alpha value is -0.810. The fourth-order valence-electron chi connectivity index (χ4n) is 3.74. The number of amides is 2. The minimum atomic E-state index is -0.875. The minimum absolute atomic E-state index is 0.0819. The Labute approximate surface area is 140 Å². The van der Waals surface area contributed by atoms with Gasteiger partial charge in [-0.1, -0.05) is 25.7 Å². The number of nitrogens with zero attached hydrogens (tertiary/aromatic N) is 1. The summed E-state index contributed by atoms with van der Waals surface area (Å²) in [4.78, 5) is 14.2. The number of carbonyl (C=O) groups excluding carboxylic acids is 1.